The lowest BCUT2D eigenvalue weighted by Crippen LogP contribution is -2.48. The molecule has 3 nitrogen and oxygen atoms in total. The van der Waals surface area contributed by atoms with Gasteiger partial charge in [-0.25, -0.2) is 4.39 Å². The van der Waals surface area contributed by atoms with Crippen LogP contribution < -0.4 is 5.73 Å². The summed E-state index contributed by atoms with van der Waals surface area (Å²) in [6.07, 6.45) is 0.309. The lowest BCUT2D eigenvalue weighted by Gasteiger charge is -2.40. The Hall–Kier alpha value is -0.680. The molecule has 106 valence electrons. The van der Waals surface area contributed by atoms with Gasteiger partial charge in [0.25, 0.3) is 0 Å². The number of hydrogen-bond acceptors (Lipinski definition) is 3. The average Bonchev–Trinajstić information content (AvgIpc) is 2.27. The Bertz CT molecular complexity index is 413. The van der Waals surface area contributed by atoms with Crippen LogP contribution in [-0.4, -0.2) is 36.7 Å². The molecule has 0 radical (unpaired) electrons. The maximum absolute atomic E-state index is 13.5. The van der Waals surface area contributed by atoms with Crippen LogP contribution in [0.5, 0.6) is 0 Å². The quantitative estimate of drug-likeness (QED) is 0.928. The molecular formula is C14H20ClFN2O. The summed E-state index contributed by atoms with van der Waals surface area (Å²) in [6, 6.07) is 4.58. The average molecular weight is 287 g/mol. The molecule has 0 amide bonds. The third kappa shape index (κ3) is 3.66. The first-order valence-corrected chi connectivity index (χ1v) is 6.93. The number of nitrogens with two attached hydrogens (primary N) is 1. The molecule has 0 saturated carbocycles. The summed E-state index contributed by atoms with van der Waals surface area (Å²) in [5.41, 5.74) is 6.71. The van der Waals surface area contributed by atoms with E-state index in [1.54, 1.807) is 6.07 Å². The molecule has 0 spiro atoms. The van der Waals surface area contributed by atoms with E-state index in [2.05, 4.69) is 4.90 Å². The summed E-state index contributed by atoms with van der Waals surface area (Å²) < 4.78 is 19.2. The Morgan fingerprint density at radius 1 is 1.37 bits per heavy atom. The van der Waals surface area contributed by atoms with Crippen LogP contribution in [0, 0.1) is 5.82 Å². The van der Waals surface area contributed by atoms with Crippen molar-refractivity contribution in [3.05, 3.63) is 34.6 Å². The first-order valence-electron chi connectivity index (χ1n) is 6.55. The second-order valence-corrected chi connectivity index (χ2v) is 5.60. The van der Waals surface area contributed by atoms with E-state index >= 15 is 0 Å². The monoisotopic (exact) mass is 286 g/mol. The van der Waals surface area contributed by atoms with E-state index in [1.165, 1.54) is 12.1 Å². The first kappa shape index (κ1) is 14.7. The van der Waals surface area contributed by atoms with Gasteiger partial charge in [0.05, 0.1) is 12.2 Å². The minimum Gasteiger partial charge on any atom is -0.373 e. The van der Waals surface area contributed by atoms with Crippen molar-refractivity contribution in [2.24, 2.45) is 5.73 Å². The molecule has 5 heteroatoms. The normalized spacial score (nSPS) is 26.4. The number of morpholine rings is 1. The van der Waals surface area contributed by atoms with E-state index in [1.807, 2.05) is 13.8 Å². The summed E-state index contributed by atoms with van der Waals surface area (Å²) in [6.45, 7) is 6.09. The summed E-state index contributed by atoms with van der Waals surface area (Å²) in [5, 5.41) is 0.405. The summed E-state index contributed by atoms with van der Waals surface area (Å²) in [7, 11) is 0. The molecule has 19 heavy (non-hydrogen) atoms. The van der Waals surface area contributed by atoms with Crippen LogP contribution in [-0.2, 0) is 4.74 Å². The van der Waals surface area contributed by atoms with Crippen LogP contribution in [0.25, 0.3) is 0 Å². The van der Waals surface area contributed by atoms with Crippen LogP contribution in [0.3, 0.4) is 0 Å². The molecular weight excluding hydrogens is 267 g/mol. The van der Waals surface area contributed by atoms with Gasteiger partial charge in [0.2, 0.25) is 0 Å². The van der Waals surface area contributed by atoms with Crippen molar-refractivity contribution >= 4 is 11.6 Å². The van der Waals surface area contributed by atoms with Gasteiger partial charge in [-0.2, -0.15) is 0 Å². The largest absolute Gasteiger partial charge is 0.373 e. The van der Waals surface area contributed by atoms with Crippen molar-refractivity contribution in [3.63, 3.8) is 0 Å². The van der Waals surface area contributed by atoms with E-state index in [0.29, 0.717) is 11.6 Å². The Balaban J connectivity index is 2.23. The molecule has 0 bridgehead atoms. The summed E-state index contributed by atoms with van der Waals surface area (Å²) in [4.78, 5) is 2.24. The SMILES string of the molecule is CC1CN(C(CN)c2cc(F)cc(Cl)c2)CC(C)O1. The number of rotatable bonds is 3. The van der Waals surface area contributed by atoms with E-state index < -0.39 is 0 Å². The van der Waals surface area contributed by atoms with Crippen molar-refractivity contribution in [2.45, 2.75) is 32.1 Å². The highest BCUT2D eigenvalue weighted by atomic mass is 35.5. The lowest BCUT2D eigenvalue weighted by atomic mass is 10.0. The number of halogens is 2. The van der Waals surface area contributed by atoms with E-state index in [0.717, 1.165) is 18.7 Å². The molecule has 3 unspecified atom stereocenters. The highest BCUT2D eigenvalue weighted by Crippen LogP contribution is 2.27. The zero-order chi connectivity index (χ0) is 14.0. The standard InChI is InChI=1S/C14H20ClFN2O/c1-9-7-18(8-10(2)19-9)14(6-17)11-3-12(15)5-13(16)4-11/h3-5,9-10,14H,6-8,17H2,1-2H3. The molecule has 3 atom stereocenters. The molecule has 1 aliphatic rings. The van der Waals surface area contributed by atoms with Gasteiger partial charge in [0.1, 0.15) is 5.82 Å². The van der Waals surface area contributed by atoms with Crippen molar-refractivity contribution < 1.29 is 9.13 Å². The second-order valence-electron chi connectivity index (χ2n) is 5.17. The maximum atomic E-state index is 13.5. The summed E-state index contributed by atoms with van der Waals surface area (Å²) in [5.74, 6) is -0.324. The van der Waals surface area contributed by atoms with Gasteiger partial charge in [-0.3, -0.25) is 4.90 Å². The molecule has 1 saturated heterocycles. The van der Waals surface area contributed by atoms with Crippen molar-refractivity contribution in [3.8, 4) is 0 Å². The third-order valence-electron chi connectivity index (χ3n) is 3.38. The molecule has 0 aromatic heterocycles. The Morgan fingerprint density at radius 2 is 2.00 bits per heavy atom. The molecule has 1 aliphatic heterocycles. The van der Waals surface area contributed by atoms with Gasteiger partial charge in [-0.05, 0) is 37.6 Å². The number of ether oxygens (including phenoxy) is 1. The van der Waals surface area contributed by atoms with E-state index in [9.17, 15) is 4.39 Å². The molecule has 1 fully saturated rings. The highest BCUT2D eigenvalue weighted by Gasteiger charge is 2.28. The lowest BCUT2D eigenvalue weighted by molar-refractivity contribution is -0.0799. The smallest absolute Gasteiger partial charge is 0.125 e. The Morgan fingerprint density at radius 3 is 2.53 bits per heavy atom. The van der Waals surface area contributed by atoms with Gasteiger partial charge in [0.15, 0.2) is 0 Å². The van der Waals surface area contributed by atoms with Crippen LogP contribution in [0.15, 0.2) is 18.2 Å². The van der Waals surface area contributed by atoms with Crippen LogP contribution in [0.4, 0.5) is 4.39 Å². The fraction of sp³-hybridized carbons (Fsp3) is 0.571. The van der Waals surface area contributed by atoms with Gasteiger partial charge < -0.3 is 10.5 Å². The minimum atomic E-state index is -0.324. The molecule has 2 N–H and O–H groups in total. The Labute approximate surface area is 118 Å². The molecule has 1 aromatic carbocycles. The minimum absolute atomic E-state index is 0.0259. The Kier molecular flexibility index (Phi) is 4.79. The van der Waals surface area contributed by atoms with Crippen molar-refractivity contribution in [2.75, 3.05) is 19.6 Å². The predicted molar refractivity (Wildman–Crippen MR) is 74.8 cm³/mol. The van der Waals surface area contributed by atoms with E-state index in [4.69, 9.17) is 22.1 Å². The molecule has 2 rings (SSSR count). The van der Waals surface area contributed by atoms with Gasteiger partial charge in [-0.15, -0.1) is 0 Å². The van der Waals surface area contributed by atoms with Gasteiger partial charge in [-0.1, -0.05) is 11.6 Å². The van der Waals surface area contributed by atoms with Crippen LogP contribution in [0.2, 0.25) is 5.02 Å². The first-order chi connectivity index (χ1) is 8.99. The zero-order valence-corrected chi connectivity index (χ0v) is 12.0. The van der Waals surface area contributed by atoms with Crippen molar-refractivity contribution in [1.82, 2.24) is 4.90 Å². The fourth-order valence-electron chi connectivity index (χ4n) is 2.74. The zero-order valence-electron chi connectivity index (χ0n) is 11.3. The maximum Gasteiger partial charge on any atom is 0.125 e. The number of hydrogen-bond donors (Lipinski definition) is 1. The highest BCUT2D eigenvalue weighted by molar-refractivity contribution is 6.30. The molecule has 1 heterocycles. The van der Waals surface area contributed by atoms with Crippen LogP contribution in [0.1, 0.15) is 25.5 Å². The van der Waals surface area contributed by atoms with E-state index in [-0.39, 0.29) is 24.1 Å². The van der Waals surface area contributed by atoms with Gasteiger partial charge >= 0.3 is 0 Å². The van der Waals surface area contributed by atoms with Crippen LogP contribution >= 0.6 is 11.6 Å². The molecule has 1 aromatic rings. The molecule has 0 aliphatic carbocycles. The topological polar surface area (TPSA) is 38.5 Å². The second kappa shape index (κ2) is 6.18. The third-order valence-corrected chi connectivity index (χ3v) is 3.60. The predicted octanol–water partition coefficient (Wildman–Crippen LogP) is 2.59. The number of nitrogens with zero attached hydrogens (tertiary/aromatic N) is 1. The number of benzene rings is 1. The van der Waals surface area contributed by atoms with Crippen molar-refractivity contribution in [1.29, 1.82) is 0 Å². The summed E-state index contributed by atoms with van der Waals surface area (Å²) >= 11 is 5.92. The van der Waals surface area contributed by atoms with Gasteiger partial charge in [0, 0.05) is 30.7 Å². The fourth-order valence-corrected chi connectivity index (χ4v) is 2.97.